The van der Waals surface area contributed by atoms with E-state index in [1.54, 1.807) is 24.3 Å². The average Bonchev–Trinajstić information content (AvgIpc) is 3.29. The van der Waals surface area contributed by atoms with Crippen LogP contribution in [0, 0.1) is 30.1 Å². The summed E-state index contributed by atoms with van der Waals surface area (Å²) in [5.41, 5.74) is 4.33. The number of anilines is 1. The third-order valence-corrected chi connectivity index (χ3v) is 9.03. The van der Waals surface area contributed by atoms with Gasteiger partial charge in [-0.2, -0.15) is 0 Å². The van der Waals surface area contributed by atoms with Crippen molar-refractivity contribution in [1.29, 1.82) is 0 Å². The fourth-order valence-electron chi connectivity index (χ4n) is 7.73. The number of hydrogen-bond donors (Lipinski definition) is 2. The zero-order chi connectivity index (χ0) is 25.6. The van der Waals surface area contributed by atoms with Gasteiger partial charge in [0.1, 0.15) is 5.82 Å². The van der Waals surface area contributed by atoms with Gasteiger partial charge in [-0.1, -0.05) is 30.3 Å². The number of ether oxygens (including phenoxy) is 1. The Bertz CT molecular complexity index is 1310. The van der Waals surface area contributed by atoms with Gasteiger partial charge in [-0.25, -0.2) is 9.78 Å². The monoisotopic (exact) mass is 497 g/mol. The molecule has 3 aromatic rings. The van der Waals surface area contributed by atoms with Crippen molar-refractivity contribution in [2.45, 2.75) is 58.3 Å². The molecule has 6 nitrogen and oxygen atoms in total. The molecule has 0 saturated heterocycles. The van der Waals surface area contributed by atoms with Crippen LogP contribution in [0.1, 0.15) is 76.9 Å². The Morgan fingerprint density at radius 3 is 2.35 bits per heavy atom. The van der Waals surface area contributed by atoms with Crippen LogP contribution in [0.3, 0.4) is 0 Å². The maximum absolute atomic E-state index is 13.3. The van der Waals surface area contributed by atoms with Gasteiger partial charge in [0.05, 0.1) is 18.4 Å². The Kier molecular flexibility index (Phi) is 6.13. The largest absolute Gasteiger partial charge is 0.465 e. The SMILES string of the molecule is COC(=O)c1cccc(C(=O)Nc2nc(-c3ccccc3C)[nH]c2CCC23CC4CC(CC(C4)C2)C3)c1. The summed E-state index contributed by atoms with van der Waals surface area (Å²) < 4.78 is 4.82. The number of aromatic amines is 1. The highest BCUT2D eigenvalue weighted by Gasteiger charge is 2.50. The number of nitrogens with zero attached hydrogens (tertiary/aromatic N) is 1. The summed E-state index contributed by atoms with van der Waals surface area (Å²) in [6.45, 7) is 2.07. The lowest BCUT2D eigenvalue weighted by Crippen LogP contribution is -2.46. The van der Waals surface area contributed by atoms with Gasteiger partial charge < -0.3 is 15.0 Å². The predicted molar refractivity (Wildman–Crippen MR) is 143 cm³/mol. The van der Waals surface area contributed by atoms with E-state index >= 15 is 0 Å². The minimum Gasteiger partial charge on any atom is -0.465 e. The number of hydrogen-bond acceptors (Lipinski definition) is 4. The van der Waals surface area contributed by atoms with Crippen molar-refractivity contribution in [3.8, 4) is 11.4 Å². The van der Waals surface area contributed by atoms with Gasteiger partial charge in [0, 0.05) is 11.1 Å². The third kappa shape index (κ3) is 4.70. The fraction of sp³-hybridized carbons (Fsp3) is 0.452. The molecule has 0 aliphatic heterocycles. The maximum Gasteiger partial charge on any atom is 0.337 e. The Labute approximate surface area is 218 Å². The van der Waals surface area contributed by atoms with Crippen LogP contribution in [0.5, 0.6) is 0 Å². The molecule has 6 heteroatoms. The van der Waals surface area contributed by atoms with E-state index in [-0.39, 0.29) is 5.91 Å². The van der Waals surface area contributed by atoms with Gasteiger partial charge in [-0.3, -0.25) is 4.79 Å². The molecular weight excluding hydrogens is 462 g/mol. The topological polar surface area (TPSA) is 84.1 Å². The summed E-state index contributed by atoms with van der Waals surface area (Å²) in [4.78, 5) is 33.7. The lowest BCUT2D eigenvalue weighted by molar-refractivity contribution is -0.0570. The number of amides is 1. The second-order valence-corrected chi connectivity index (χ2v) is 11.7. The quantitative estimate of drug-likeness (QED) is 0.362. The second-order valence-electron chi connectivity index (χ2n) is 11.7. The molecule has 0 radical (unpaired) electrons. The van der Waals surface area contributed by atoms with Crippen LogP contribution in [0.4, 0.5) is 5.82 Å². The van der Waals surface area contributed by atoms with Gasteiger partial charge in [0.25, 0.3) is 5.91 Å². The number of rotatable bonds is 7. The van der Waals surface area contributed by atoms with Crippen molar-refractivity contribution < 1.29 is 14.3 Å². The Morgan fingerprint density at radius 2 is 1.68 bits per heavy atom. The average molecular weight is 498 g/mol. The number of nitrogens with one attached hydrogen (secondary N) is 2. The molecule has 0 spiro atoms. The predicted octanol–water partition coefficient (Wildman–Crippen LogP) is 6.57. The smallest absolute Gasteiger partial charge is 0.337 e. The molecule has 4 aliphatic rings. The molecule has 1 amide bonds. The van der Waals surface area contributed by atoms with Crippen LogP contribution < -0.4 is 5.32 Å². The van der Waals surface area contributed by atoms with Crippen molar-refractivity contribution >= 4 is 17.7 Å². The zero-order valence-corrected chi connectivity index (χ0v) is 21.7. The highest BCUT2D eigenvalue weighted by atomic mass is 16.5. The molecule has 2 aromatic carbocycles. The van der Waals surface area contributed by atoms with Gasteiger partial charge in [0.2, 0.25) is 0 Å². The van der Waals surface area contributed by atoms with Gasteiger partial charge in [0.15, 0.2) is 5.82 Å². The summed E-state index contributed by atoms with van der Waals surface area (Å²) >= 11 is 0. The number of carbonyl (C=O) groups is 2. The summed E-state index contributed by atoms with van der Waals surface area (Å²) in [6, 6.07) is 14.8. The van der Waals surface area contributed by atoms with Gasteiger partial charge >= 0.3 is 5.97 Å². The molecular formula is C31H35N3O3. The Morgan fingerprint density at radius 1 is 1.00 bits per heavy atom. The minimum atomic E-state index is -0.465. The lowest BCUT2D eigenvalue weighted by atomic mass is 9.48. The molecule has 1 aromatic heterocycles. The summed E-state index contributed by atoms with van der Waals surface area (Å²) in [5.74, 6) is 3.34. The third-order valence-electron chi connectivity index (χ3n) is 9.03. The van der Waals surface area contributed by atoms with E-state index in [9.17, 15) is 9.59 Å². The second kappa shape index (κ2) is 9.47. The Balaban J connectivity index is 1.27. The maximum atomic E-state index is 13.3. The van der Waals surface area contributed by atoms with Crippen LogP contribution in [-0.4, -0.2) is 29.0 Å². The molecule has 4 aliphatic carbocycles. The molecule has 0 atom stereocenters. The van der Waals surface area contributed by atoms with E-state index in [0.29, 0.717) is 22.4 Å². The van der Waals surface area contributed by atoms with Crippen LogP contribution >= 0.6 is 0 Å². The highest BCUT2D eigenvalue weighted by molar-refractivity contribution is 6.05. The van der Waals surface area contributed by atoms with E-state index in [2.05, 4.69) is 29.4 Å². The highest BCUT2D eigenvalue weighted by Crippen LogP contribution is 2.61. The van der Waals surface area contributed by atoms with Gasteiger partial charge in [-0.15, -0.1) is 0 Å². The van der Waals surface area contributed by atoms with E-state index in [1.165, 1.54) is 45.6 Å². The molecule has 1 heterocycles. The van der Waals surface area contributed by atoms with Crippen molar-refractivity contribution in [2.24, 2.45) is 23.2 Å². The number of carbonyl (C=O) groups excluding carboxylic acids is 2. The summed E-state index contributed by atoms with van der Waals surface area (Å²) in [6.07, 6.45) is 10.4. The molecule has 37 heavy (non-hydrogen) atoms. The normalized spacial score (nSPS) is 25.7. The van der Waals surface area contributed by atoms with Crippen LogP contribution in [0.2, 0.25) is 0 Å². The number of imidazole rings is 1. The van der Waals surface area contributed by atoms with E-state index < -0.39 is 5.97 Å². The first-order chi connectivity index (χ1) is 17.9. The lowest BCUT2D eigenvalue weighted by Gasteiger charge is -2.57. The van der Waals surface area contributed by atoms with Crippen LogP contribution in [-0.2, 0) is 11.2 Å². The van der Waals surface area contributed by atoms with E-state index in [0.717, 1.165) is 53.2 Å². The van der Waals surface area contributed by atoms with E-state index in [4.69, 9.17) is 9.72 Å². The van der Waals surface area contributed by atoms with Crippen LogP contribution in [0.15, 0.2) is 48.5 Å². The number of benzene rings is 2. The summed E-state index contributed by atoms with van der Waals surface area (Å²) in [7, 11) is 1.34. The number of H-pyrrole nitrogens is 1. The van der Waals surface area contributed by atoms with Crippen molar-refractivity contribution in [1.82, 2.24) is 9.97 Å². The minimum absolute atomic E-state index is 0.287. The zero-order valence-electron chi connectivity index (χ0n) is 21.7. The molecule has 192 valence electrons. The molecule has 2 N–H and O–H groups in total. The number of methoxy groups -OCH3 is 1. The molecule has 0 unspecified atom stereocenters. The fourth-order valence-corrected chi connectivity index (χ4v) is 7.73. The summed E-state index contributed by atoms with van der Waals surface area (Å²) in [5, 5.41) is 3.05. The molecule has 4 saturated carbocycles. The Hall–Kier alpha value is -3.41. The first kappa shape index (κ1) is 24.0. The number of esters is 1. The van der Waals surface area contributed by atoms with Crippen molar-refractivity contribution in [2.75, 3.05) is 12.4 Å². The molecule has 4 fully saturated rings. The number of aryl methyl sites for hydroxylation is 2. The standard InChI is InChI=1S/C31H35N3O3/c1-19-6-3-4-9-25(19)27-32-26(10-11-31-16-20-12-21(17-31)14-22(13-20)18-31)28(33-27)34-29(35)23-7-5-8-24(15-23)30(36)37-2/h3-9,15,20-22H,10-14,16-18H2,1-2H3,(H,32,33)(H,34,35). The first-order valence-corrected chi connectivity index (χ1v) is 13.6. The van der Waals surface area contributed by atoms with Gasteiger partial charge in [-0.05, 0) is 105 Å². The van der Waals surface area contributed by atoms with Crippen molar-refractivity contribution in [3.05, 3.63) is 70.9 Å². The van der Waals surface area contributed by atoms with Crippen LogP contribution in [0.25, 0.3) is 11.4 Å². The first-order valence-electron chi connectivity index (χ1n) is 13.6. The molecule has 7 rings (SSSR count). The van der Waals surface area contributed by atoms with Crippen molar-refractivity contribution in [3.63, 3.8) is 0 Å². The number of aromatic nitrogens is 2. The molecule has 4 bridgehead atoms. The van der Waals surface area contributed by atoms with E-state index in [1.807, 2.05) is 12.1 Å².